The molecular weight excluding hydrogens is 2100 g/mol. The standard InChI is InChI=1S/C23H25ClN2O3S.C23H25FN2O3S.C15H13ClFNO4S.C15H14FNO4S.C15H14N2O6S.C15H15NO4S/c24-16-4-2-1-3-15(16)22-26-17(11-30-22)19(27)18(21(26)29)20(28)25-23-8-12-5-13(9-23)7-14(6-12)10-23;24-16-3-1-15(2-4-16)22-26-17(11-30-22)19(27)18(21(26)29)20(28)25-23-8-12-5-13(9-23)7-14(6-12)10-23;1-2-22-15(21)11-12(19)10-6-23-14(18(10)13(11)20)8-4-3-7(17)5-9(8)16;1-2-21-15(20)11-12(18)10-7-22-14(17(10)13(11)19)8-3-5-9(16)6-4-8;1-2-23-15(20)11-12(18)10-7-24-14(16(10)13(11)19)8-3-5-9(6-4-8)17(21)22;1-2-20-15(19)11-12(17)10-8-21-14(16(10)13(11)18)9-6-4-3-5-7-9/h2*1-4,12-14,17,22,27H,5-11H2,(H,25,28);3-5,10,14,19H,2,6H2,1H3;3-6,10,14,18H,2,7H2,1H3;3-6,10,14,18H,2,7H2,1H3;3-7,10,14,17H,2,8H2,1H3/t2*12?,13?,14?,17?,22-,23?;4*10?,14-/m000000/s1. The van der Waals surface area contributed by atoms with E-state index in [9.17, 15) is 111 Å². The van der Waals surface area contributed by atoms with Crippen molar-refractivity contribution >= 4 is 171 Å². The van der Waals surface area contributed by atoms with Crippen LogP contribution in [0.3, 0.4) is 0 Å². The zero-order chi connectivity index (χ0) is 106. The molecule has 8 N–H and O–H groups in total. The summed E-state index contributed by atoms with van der Waals surface area (Å²) in [6.07, 6.45) is 13.7. The molecular formula is C106H106Cl2F3N9O24S6. The number of halogens is 5. The number of ether oxygens (including phenoxy) is 4. The molecule has 8 saturated carbocycles. The van der Waals surface area contributed by atoms with Gasteiger partial charge in [0.25, 0.3) is 52.9 Å². The first-order valence-corrected chi connectivity index (χ1v) is 56.6. The molecule has 14 fully saturated rings. The van der Waals surface area contributed by atoms with Crippen LogP contribution in [0.15, 0.2) is 214 Å². The number of rotatable bonds is 19. The van der Waals surface area contributed by atoms with Crippen LogP contribution in [0.5, 0.6) is 0 Å². The summed E-state index contributed by atoms with van der Waals surface area (Å²) in [5, 5.41) is 78.4. The molecule has 44 heteroatoms. The van der Waals surface area contributed by atoms with E-state index in [1.807, 2.05) is 48.5 Å². The molecule has 6 saturated heterocycles. The monoisotopic (exact) mass is 2210 g/mol. The molecule has 0 radical (unpaired) electrons. The van der Waals surface area contributed by atoms with Gasteiger partial charge >= 0.3 is 23.9 Å². The van der Waals surface area contributed by atoms with Gasteiger partial charge in [-0.3, -0.25) is 48.5 Å². The predicted octanol–water partition coefficient (Wildman–Crippen LogP) is 16.8. The van der Waals surface area contributed by atoms with Crippen molar-refractivity contribution in [2.24, 2.45) is 35.5 Å². The first kappa shape index (κ1) is 106. The lowest BCUT2D eigenvalue weighted by molar-refractivity contribution is -0.384. The number of aliphatic hydroxyl groups is 6. The third kappa shape index (κ3) is 20.0. The SMILES string of the molecule is CCOC(=O)C1=C(O)C2CS[C@@H](c3ccc(F)cc3)N2C1=O.CCOC(=O)C1=C(O)C2CS[C@@H](c3ccc(F)cc3Cl)N2C1=O.CCOC(=O)C1=C(O)C2CS[C@@H](c3ccc([N+](=O)[O-])cc3)N2C1=O.CCOC(=O)C1=C(O)C2CS[C@@H](c3ccccc3)N2C1=O.O=C(NC12CC3CC(CC(C3)C1)C2)C1=C(O)C2CS[C@@H](c3ccc(F)cc3)N2C1=O.O=C(NC12CC3CC(CC(C3)C1)C2)C1=C(O)C2CS[C@@H](c3ccccc3Cl)N2C1=O. The van der Waals surface area contributed by atoms with Crippen molar-refractivity contribution in [3.05, 3.63) is 285 Å². The molecule has 20 aliphatic rings. The Labute approximate surface area is 894 Å². The van der Waals surface area contributed by atoms with Crippen LogP contribution in [0.1, 0.15) is 170 Å². The average Bonchev–Trinajstić information content (AvgIpc) is 1.43. The number of carbonyl (C=O) groups is 12. The molecule has 8 bridgehead atoms. The van der Waals surface area contributed by atoms with Crippen molar-refractivity contribution in [2.45, 2.75) is 184 Å². The Morgan fingerprint density at radius 1 is 0.347 bits per heavy atom. The third-order valence-corrected chi connectivity index (χ3v) is 39.1. The second-order valence-corrected chi connectivity index (χ2v) is 47.3. The van der Waals surface area contributed by atoms with Crippen LogP contribution >= 0.6 is 93.8 Å². The second kappa shape index (κ2) is 43.7. The summed E-state index contributed by atoms with van der Waals surface area (Å²) >= 11 is 21.4. The number of nitro benzene ring substituents is 1. The highest BCUT2D eigenvalue weighted by molar-refractivity contribution is 8.01. The van der Waals surface area contributed by atoms with E-state index in [1.165, 1.54) is 155 Å². The minimum absolute atomic E-state index is 0.0424. The van der Waals surface area contributed by atoms with Crippen LogP contribution in [-0.2, 0) is 76.5 Å². The molecule has 790 valence electrons. The highest BCUT2D eigenvalue weighted by Crippen LogP contribution is 2.60. The van der Waals surface area contributed by atoms with Crippen molar-refractivity contribution in [1.82, 2.24) is 40.0 Å². The molecule has 6 aromatic rings. The highest BCUT2D eigenvalue weighted by atomic mass is 35.5. The molecule has 12 aliphatic heterocycles. The maximum Gasteiger partial charge on any atom is 0.347 e. The summed E-state index contributed by atoms with van der Waals surface area (Å²) in [6, 6.07) is 35.7. The van der Waals surface area contributed by atoms with Crippen LogP contribution in [0.2, 0.25) is 10.0 Å². The summed E-state index contributed by atoms with van der Waals surface area (Å²) < 4.78 is 58.9. The van der Waals surface area contributed by atoms with Crippen LogP contribution in [0, 0.1) is 63.1 Å². The number of thioether (sulfide) groups is 6. The first-order chi connectivity index (χ1) is 72.0. The van der Waals surface area contributed by atoms with E-state index >= 15 is 0 Å². The maximum atomic E-state index is 13.3. The maximum absolute atomic E-state index is 13.3. The lowest BCUT2D eigenvalue weighted by atomic mass is 9.53. The summed E-state index contributed by atoms with van der Waals surface area (Å²) in [6.45, 7) is 7.04. The van der Waals surface area contributed by atoms with Crippen molar-refractivity contribution in [3.8, 4) is 0 Å². The van der Waals surface area contributed by atoms with E-state index in [0.717, 1.165) is 60.8 Å². The van der Waals surface area contributed by atoms with Gasteiger partial charge in [0.1, 0.15) is 132 Å². The van der Waals surface area contributed by atoms with Crippen LogP contribution in [0.4, 0.5) is 18.9 Å². The number of carbonyl (C=O) groups excluding carboxylic acids is 12. The molecule has 26 rings (SSSR count). The number of esters is 4. The van der Waals surface area contributed by atoms with E-state index < -0.39 is 123 Å². The van der Waals surface area contributed by atoms with Gasteiger partial charge in [-0.2, -0.15) is 0 Å². The Hall–Kier alpha value is -11.9. The molecule has 12 heterocycles. The fraction of sp³-hybridized carbons (Fsp3) is 0.434. The van der Waals surface area contributed by atoms with E-state index in [4.69, 9.17) is 42.1 Å². The zero-order valence-electron chi connectivity index (χ0n) is 81.3. The van der Waals surface area contributed by atoms with Crippen LogP contribution in [0.25, 0.3) is 0 Å². The van der Waals surface area contributed by atoms with Gasteiger partial charge in [0, 0.05) is 78.9 Å². The van der Waals surface area contributed by atoms with Gasteiger partial charge in [0.15, 0.2) is 22.3 Å². The Morgan fingerprint density at radius 3 is 0.880 bits per heavy atom. The number of nitro groups is 1. The van der Waals surface area contributed by atoms with Crippen LogP contribution < -0.4 is 10.6 Å². The molecule has 0 spiro atoms. The fourth-order valence-corrected chi connectivity index (χ4v) is 34.2. The van der Waals surface area contributed by atoms with Gasteiger partial charge in [-0.1, -0.05) is 102 Å². The Kier molecular flexibility index (Phi) is 31.0. The first-order valence-electron chi connectivity index (χ1n) is 49.5. The normalized spacial score (nSPS) is 29.8. The molecule has 150 heavy (non-hydrogen) atoms. The molecule has 33 nitrogen and oxygen atoms in total. The molecule has 8 aliphatic carbocycles. The summed E-state index contributed by atoms with van der Waals surface area (Å²) in [5.41, 5.74) is 2.86. The number of hydrogen-bond acceptors (Lipinski definition) is 30. The third-order valence-electron chi connectivity index (χ3n) is 30.5. The Morgan fingerprint density at radius 2 is 0.593 bits per heavy atom. The van der Waals surface area contributed by atoms with Gasteiger partial charge in [-0.25, -0.2) is 32.3 Å². The lowest BCUT2D eigenvalue weighted by Gasteiger charge is -2.56. The van der Waals surface area contributed by atoms with Gasteiger partial charge < -0.3 is 89.6 Å². The number of fused-ring (bicyclic) bond motifs is 6. The van der Waals surface area contributed by atoms with Gasteiger partial charge in [-0.15, -0.1) is 70.6 Å². The predicted molar refractivity (Wildman–Crippen MR) is 553 cm³/mol. The van der Waals surface area contributed by atoms with E-state index in [0.29, 0.717) is 86.2 Å². The van der Waals surface area contributed by atoms with E-state index in [2.05, 4.69) is 10.6 Å². The molecule has 0 aromatic heterocycles. The van der Waals surface area contributed by atoms with Gasteiger partial charge in [0.05, 0.1) is 31.4 Å². The van der Waals surface area contributed by atoms with Crippen molar-refractivity contribution < 1.29 is 125 Å². The Bertz CT molecular complexity index is 6630. The number of non-ortho nitro benzene ring substituents is 1. The molecule has 6 unspecified atom stereocenters. The minimum Gasteiger partial charge on any atom is -0.509 e. The van der Waals surface area contributed by atoms with Gasteiger partial charge in [-0.05, 0) is 217 Å². The Balaban J connectivity index is 0.000000114. The number of benzene rings is 6. The minimum atomic E-state index is -0.835. The topological polar surface area (TPSA) is 450 Å². The van der Waals surface area contributed by atoms with Gasteiger partial charge in [0.2, 0.25) is 0 Å². The summed E-state index contributed by atoms with van der Waals surface area (Å²) in [7, 11) is 0. The number of nitrogens with zero attached hydrogens (tertiary/aromatic N) is 7. The number of hydrogen-bond donors (Lipinski definition) is 8. The second-order valence-electron chi connectivity index (χ2n) is 39.8. The van der Waals surface area contributed by atoms with Crippen molar-refractivity contribution in [3.63, 3.8) is 0 Å². The fourth-order valence-electron chi connectivity index (χ4n) is 24.9. The summed E-state index contributed by atoms with van der Waals surface area (Å²) in [5.74, 6) is -2.18. The largest absolute Gasteiger partial charge is 0.509 e. The molecule has 6 aromatic carbocycles. The van der Waals surface area contributed by atoms with Crippen molar-refractivity contribution in [2.75, 3.05) is 60.9 Å². The quantitative estimate of drug-likeness (QED) is 0.0123. The van der Waals surface area contributed by atoms with Crippen LogP contribution in [-0.4, -0.2) is 244 Å². The highest BCUT2D eigenvalue weighted by Gasteiger charge is 2.61. The molecule has 12 atom stereocenters. The van der Waals surface area contributed by atoms with E-state index in [1.54, 1.807) is 108 Å². The number of aliphatic hydroxyl groups excluding tert-OH is 6. The average molecular weight is 2210 g/mol. The zero-order valence-corrected chi connectivity index (χ0v) is 87.7. The smallest absolute Gasteiger partial charge is 0.347 e. The summed E-state index contributed by atoms with van der Waals surface area (Å²) in [4.78, 5) is 170. The van der Waals surface area contributed by atoms with Crippen molar-refractivity contribution in [1.29, 1.82) is 0 Å². The van der Waals surface area contributed by atoms with E-state index in [-0.39, 0.29) is 155 Å². The molecule has 8 amide bonds. The lowest BCUT2D eigenvalue weighted by Crippen LogP contribution is -2.60. The number of amides is 8. The number of nitrogens with one attached hydrogen (secondary N) is 2.